The molecule has 0 spiro atoms. The molecule has 2 aromatic rings. The van der Waals surface area contributed by atoms with E-state index in [0.717, 1.165) is 6.42 Å². The number of nitrogens with zero attached hydrogens (tertiary/aromatic N) is 2. The lowest BCUT2D eigenvalue weighted by Gasteiger charge is -2.36. The molecule has 0 bridgehead atoms. The van der Waals surface area contributed by atoms with Gasteiger partial charge in [-0.3, -0.25) is 4.79 Å². The zero-order valence-electron chi connectivity index (χ0n) is 17.9. The molecule has 1 amide bonds. The van der Waals surface area contributed by atoms with Crippen LogP contribution in [-0.4, -0.2) is 57.4 Å². The molecule has 1 saturated heterocycles. The summed E-state index contributed by atoms with van der Waals surface area (Å²) in [5, 5.41) is 0. The van der Waals surface area contributed by atoms with E-state index in [1.54, 1.807) is 12.1 Å². The first kappa shape index (κ1) is 21.6. The average molecular weight is 445 g/mol. The Hall–Kier alpha value is -2.58. The summed E-state index contributed by atoms with van der Waals surface area (Å²) in [7, 11) is -0.893. The molecule has 0 N–H and O–H groups in total. The van der Waals surface area contributed by atoms with Crippen molar-refractivity contribution in [3.8, 4) is 11.5 Å². The number of amides is 1. The van der Waals surface area contributed by atoms with Crippen molar-refractivity contribution in [1.29, 1.82) is 0 Å². The number of carbonyl (C=O) groups is 1. The number of carbonyl (C=O) groups excluding carboxylic acids is 1. The van der Waals surface area contributed by atoms with Gasteiger partial charge in [0.1, 0.15) is 16.4 Å². The minimum absolute atomic E-state index is 0.0343. The van der Waals surface area contributed by atoms with Crippen molar-refractivity contribution >= 4 is 15.9 Å². The van der Waals surface area contributed by atoms with Crippen LogP contribution in [0.3, 0.4) is 0 Å². The lowest BCUT2D eigenvalue weighted by atomic mass is 9.95. The fraction of sp³-hybridized carbons (Fsp3) is 0.435. The molecule has 8 heteroatoms. The van der Waals surface area contributed by atoms with E-state index in [2.05, 4.69) is 12.1 Å². The summed E-state index contributed by atoms with van der Waals surface area (Å²) >= 11 is 0. The van der Waals surface area contributed by atoms with Crippen LogP contribution in [0.2, 0.25) is 0 Å². The van der Waals surface area contributed by atoms with E-state index in [0.29, 0.717) is 38.2 Å². The van der Waals surface area contributed by atoms with Crippen LogP contribution in [0.4, 0.5) is 0 Å². The van der Waals surface area contributed by atoms with E-state index in [9.17, 15) is 13.2 Å². The normalized spacial score (nSPS) is 19.5. The van der Waals surface area contributed by atoms with Gasteiger partial charge in [-0.25, -0.2) is 8.42 Å². The topological polar surface area (TPSA) is 76.1 Å². The number of rotatable bonds is 5. The molecule has 0 aliphatic carbocycles. The van der Waals surface area contributed by atoms with Crippen LogP contribution in [0, 0.1) is 5.92 Å². The Morgan fingerprint density at radius 1 is 1.03 bits per heavy atom. The Morgan fingerprint density at radius 3 is 2.55 bits per heavy atom. The second kappa shape index (κ2) is 8.88. The summed E-state index contributed by atoms with van der Waals surface area (Å²) in [5.41, 5.74) is 2.45. The summed E-state index contributed by atoms with van der Waals surface area (Å²) in [6, 6.07) is 12.9. The highest BCUT2D eigenvalue weighted by Gasteiger charge is 2.37. The second-order valence-electron chi connectivity index (χ2n) is 8.00. The standard InChI is InChI=1S/C23H28N2O5S/c1-29-20-9-10-21(30-2)22(14-20)31(27,28)25-12-5-8-19(16-25)23(26)24-13-11-17-6-3-4-7-18(17)15-24/h3-4,6-7,9-10,14,19H,5,8,11-13,15-16H2,1-2H3/t19-/m0/s1. The van der Waals surface area contributed by atoms with Gasteiger partial charge in [0.25, 0.3) is 0 Å². The molecular formula is C23H28N2O5S. The third kappa shape index (κ3) is 4.27. The van der Waals surface area contributed by atoms with Gasteiger partial charge in [-0.1, -0.05) is 24.3 Å². The van der Waals surface area contributed by atoms with Gasteiger partial charge >= 0.3 is 0 Å². The zero-order valence-corrected chi connectivity index (χ0v) is 18.7. The highest BCUT2D eigenvalue weighted by molar-refractivity contribution is 7.89. The Labute approximate surface area is 183 Å². The number of ether oxygens (including phenoxy) is 2. The lowest BCUT2D eigenvalue weighted by molar-refractivity contribution is -0.137. The van der Waals surface area contributed by atoms with Crippen LogP contribution in [0.1, 0.15) is 24.0 Å². The van der Waals surface area contributed by atoms with Crippen molar-refractivity contribution in [2.45, 2.75) is 30.7 Å². The highest BCUT2D eigenvalue weighted by atomic mass is 32.2. The van der Waals surface area contributed by atoms with E-state index in [1.165, 1.54) is 35.7 Å². The fourth-order valence-electron chi connectivity index (χ4n) is 4.43. The Morgan fingerprint density at radius 2 is 1.81 bits per heavy atom. The van der Waals surface area contributed by atoms with Gasteiger partial charge in [0, 0.05) is 32.2 Å². The minimum Gasteiger partial charge on any atom is -0.497 e. The number of sulfonamides is 1. The monoisotopic (exact) mass is 444 g/mol. The van der Waals surface area contributed by atoms with Crippen molar-refractivity contribution in [1.82, 2.24) is 9.21 Å². The van der Waals surface area contributed by atoms with E-state index in [-0.39, 0.29) is 29.0 Å². The largest absolute Gasteiger partial charge is 0.497 e. The quantitative estimate of drug-likeness (QED) is 0.709. The first-order valence-corrected chi connectivity index (χ1v) is 12.0. The fourth-order valence-corrected chi connectivity index (χ4v) is 6.12. The highest BCUT2D eigenvalue weighted by Crippen LogP contribution is 2.33. The molecule has 31 heavy (non-hydrogen) atoms. The summed E-state index contributed by atoms with van der Waals surface area (Å²) in [6.07, 6.45) is 2.17. The van der Waals surface area contributed by atoms with Crippen LogP contribution in [0.5, 0.6) is 11.5 Å². The lowest BCUT2D eigenvalue weighted by Crippen LogP contribution is -2.47. The van der Waals surface area contributed by atoms with Crippen molar-refractivity contribution in [3.05, 3.63) is 53.6 Å². The molecule has 2 aromatic carbocycles. The zero-order chi connectivity index (χ0) is 22.0. The predicted molar refractivity (Wildman–Crippen MR) is 117 cm³/mol. The van der Waals surface area contributed by atoms with Crippen molar-refractivity contribution < 1.29 is 22.7 Å². The summed E-state index contributed by atoms with van der Waals surface area (Å²) < 4.78 is 38.7. The second-order valence-corrected chi connectivity index (χ2v) is 9.90. The summed E-state index contributed by atoms with van der Waals surface area (Å²) in [4.78, 5) is 15.2. The molecule has 166 valence electrons. The number of hydrogen-bond donors (Lipinski definition) is 0. The van der Waals surface area contributed by atoms with Crippen LogP contribution in [0.25, 0.3) is 0 Å². The predicted octanol–water partition coefficient (Wildman–Crippen LogP) is 2.69. The van der Waals surface area contributed by atoms with Crippen LogP contribution < -0.4 is 9.47 Å². The maximum Gasteiger partial charge on any atom is 0.246 e. The van der Waals surface area contributed by atoms with Gasteiger partial charge < -0.3 is 14.4 Å². The Kier molecular flexibility index (Phi) is 6.20. The molecule has 7 nitrogen and oxygen atoms in total. The van der Waals surface area contributed by atoms with Crippen molar-refractivity contribution in [2.24, 2.45) is 5.92 Å². The van der Waals surface area contributed by atoms with E-state index in [4.69, 9.17) is 9.47 Å². The first-order valence-electron chi connectivity index (χ1n) is 10.5. The van der Waals surface area contributed by atoms with Gasteiger partial charge in [0.15, 0.2) is 0 Å². The van der Waals surface area contributed by atoms with Gasteiger partial charge in [-0.15, -0.1) is 0 Å². The summed E-state index contributed by atoms with van der Waals surface area (Å²) in [6.45, 7) is 1.82. The van der Waals surface area contributed by atoms with E-state index < -0.39 is 10.0 Å². The van der Waals surface area contributed by atoms with Crippen LogP contribution in [-0.2, 0) is 27.8 Å². The Balaban J connectivity index is 1.53. The SMILES string of the molecule is COc1ccc(OC)c(S(=O)(=O)N2CCC[C@H](C(=O)N3CCc4ccccc4C3)C2)c1. The molecule has 4 rings (SSSR count). The van der Waals surface area contributed by atoms with Crippen molar-refractivity contribution in [2.75, 3.05) is 33.9 Å². The number of benzene rings is 2. The first-order chi connectivity index (χ1) is 14.9. The van der Waals surface area contributed by atoms with Gasteiger partial charge in [-0.2, -0.15) is 4.31 Å². The van der Waals surface area contributed by atoms with Gasteiger partial charge in [0.05, 0.1) is 20.1 Å². The number of methoxy groups -OCH3 is 2. The molecule has 2 aliphatic rings. The molecule has 0 aromatic heterocycles. The smallest absolute Gasteiger partial charge is 0.246 e. The molecule has 2 heterocycles. The number of fused-ring (bicyclic) bond motifs is 1. The van der Waals surface area contributed by atoms with Crippen LogP contribution in [0.15, 0.2) is 47.4 Å². The van der Waals surface area contributed by atoms with Gasteiger partial charge in [0.2, 0.25) is 15.9 Å². The number of piperidine rings is 1. The molecule has 2 aliphatic heterocycles. The summed E-state index contributed by atoms with van der Waals surface area (Å²) in [5.74, 6) is 0.398. The molecule has 0 radical (unpaired) electrons. The number of hydrogen-bond acceptors (Lipinski definition) is 5. The van der Waals surface area contributed by atoms with Gasteiger partial charge in [-0.05, 0) is 42.5 Å². The van der Waals surface area contributed by atoms with E-state index in [1.807, 2.05) is 17.0 Å². The maximum absolute atomic E-state index is 13.4. The average Bonchev–Trinajstić information content (AvgIpc) is 2.82. The molecule has 0 saturated carbocycles. The third-order valence-electron chi connectivity index (χ3n) is 6.16. The van der Waals surface area contributed by atoms with Crippen LogP contribution >= 0.6 is 0 Å². The third-order valence-corrected chi connectivity index (χ3v) is 8.05. The minimum atomic E-state index is -3.83. The van der Waals surface area contributed by atoms with E-state index >= 15 is 0 Å². The molecule has 1 atom stereocenters. The molecular weight excluding hydrogens is 416 g/mol. The Bertz CT molecular complexity index is 1070. The maximum atomic E-state index is 13.4. The molecule has 1 fully saturated rings. The molecule has 0 unspecified atom stereocenters. The van der Waals surface area contributed by atoms with Crippen molar-refractivity contribution in [3.63, 3.8) is 0 Å².